The van der Waals surface area contributed by atoms with Gasteiger partial charge in [-0.25, -0.2) is 9.78 Å². The zero-order chi connectivity index (χ0) is 14.4. The van der Waals surface area contributed by atoms with Crippen molar-refractivity contribution >= 4 is 38.2 Å². The molecule has 102 valence electrons. The third-order valence-corrected chi connectivity index (χ3v) is 4.91. The molecule has 0 atom stereocenters. The normalized spacial score (nSPS) is 11.2. The van der Waals surface area contributed by atoms with E-state index < -0.39 is 5.97 Å². The number of carboxylic acids is 1. The molecule has 0 saturated carbocycles. The molecule has 0 aliphatic rings. The first-order valence-electron chi connectivity index (χ1n) is 5.96. The Balaban J connectivity index is 2.22. The maximum absolute atomic E-state index is 11.2. The van der Waals surface area contributed by atoms with Crippen LogP contribution >= 0.6 is 27.3 Å². The Morgan fingerprint density at radius 2 is 1.90 bits per heavy atom. The molecule has 20 heavy (non-hydrogen) atoms. The number of carbonyl (C=O) groups is 1. The molecular formula is C14H11BrN2O2S. The van der Waals surface area contributed by atoms with Crippen molar-refractivity contribution in [2.24, 2.45) is 0 Å². The number of aromatic nitrogens is 2. The van der Waals surface area contributed by atoms with Gasteiger partial charge in [-0.2, -0.15) is 0 Å². The quantitative estimate of drug-likeness (QED) is 0.755. The van der Waals surface area contributed by atoms with Crippen molar-refractivity contribution in [2.75, 3.05) is 0 Å². The number of halogens is 1. The summed E-state index contributed by atoms with van der Waals surface area (Å²) in [7, 11) is 0. The number of fused-ring (bicyclic) bond motifs is 1. The molecule has 0 saturated heterocycles. The average molecular weight is 351 g/mol. The van der Waals surface area contributed by atoms with E-state index in [-0.39, 0.29) is 0 Å². The van der Waals surface area contributed by atoms with Gasteiger partial charge in [-0.05, 0) is 26.0 Å². The molecule has 1 aromatic carbocycles. The van der Waals surface area contributed by atoms with Crippen LogP contribution in [0.3, 0.4) is 0 Å². The minimum absolute atomic E-state index is 0.345. The molecule has 0 unspecified atom stereocenters. The number of carboxylic acid groups (broad SMARTS) is 1. The highest BCUT2D eigenvalue weighted by Crippen LogP contribution is 2.31. The van der Waals surface area contributed by atoms with Crippen molar-refractivity contribution < 1.29 is 9.90 Å². The van der Waals surface area contributed by atoms with Crippen molar-refractivity contribution in [2.45, 2.75) is 13.8 Å². The fraction of sp³-hybridized carbons (Fsp3) is 0.143. The van der Waals surface area contributed by atoms with E-state index in [1.165, 1.54) is 11.3 Å². The number of hydrogen-bond acceptors (Lipinski definition) is 3. The van der Waals surface area contributed by atoms with Gasteiger partial charge in [-0.15, -0.1) is 0 Å². The summed E-state index contributed by atoms with van der Waals surface area (Å²) in [5, 5.41) is 9.16. The van der Waals surface area contributed by atoms with Crippen LogP contribution in [0.25, 0.3) is 16.2 Å². The minimum Gasteiger partial charge on any atom is -0.477 e. The van der Waals surface area contributed by atoms with Crippen LogP contribution < -0.4 is 0 Å². The largest absolute Gasteiger partial charge is 0.477 e. The summed E-state index contributed by atoms with van der Waals surface area (Å²) in [6, 6.07) is 7.93. The summed E-state index contributed by atoms with van der Waals surface area (Å²) in [4.78, 5) is 16.8. The average Bonchev–Trinajstić information content (AvgIpc) is 2.89. The van der Waals surface area contributed by atoms with Gasteiger partial charge in [0.1, 0.15) is 4.88 Å². The van der Waals surface area contributed by atoms with Crippen LogP contribution in [0.5, 0.6) is 0 Å². The van der Waals surface area contributed by atoms with E-state index in [4.69, 9.17) is 5.11 Å². The van der Waals surface area contributed by atoms with Crippen molar-refractivity contribution in [1.82, 2.24) is 9.38 Å². The lowest BCUT2D eigenvalue weighted by molar-refractivity contribution is 0.0701. The molecular weight excluding hydrogens is 340 g/mol. The third kappa shape index (κ3) is 1.96. The van der Waals surface area contributed by atoms with Crippen molar-refractivity contribution in [1.29, 1.82) is 0 Å². The van der Waals surface area contributed by atoms with E-state index in [1.807, 2.05) is 42.5 Å². The van der Waals surface area contributed by atoms with E-state index in [2.05, 4.69) is 20.9 Å². The number of thiazole rings is 1. The summed E-state index contributed by atoms with van der Waals surface area (Å²) < 4.78 is 2.93. The first-order chi connectivity index (χ1) is 9.49. The second kappa shape index (κ2) is 4.71. The van der Waals surface area contributed by atoms with Crippen LogP contribution in [0.2, 0.25) is 0 Å². The predicted molar refractivity (Wildman–Crippen MR) is 82.6 cm³/mol. The number of rotatable bonds is 2. The fourth-order valence-corrected chi connectivity index (χ4v) is 3.56. The Bertz CT molecular complexity index is 818. The number of aryl methyl sites for hydroxylation is 2. The first-order valence-corrected chi connectivity index (χ1v) is 7.57. The highest BCUT2D eigenvalue weighted by atomic mass is 79.9. The van der Waals surface area contributed by atoms with Crippen LogP contribution in [0.15, 0.2) is 28.7 Å². The number of hydrogen-bond donors (Lipinski definition) is 1. The Labute approximate surface area is 127 Å². The number of aromatic carboxylic acids is 1. The lowest BCUT2D eigenvalue weighted by Crippen LogP contribution is -1.98. The Kier molecular flexibility index (Phi) is 3.14. The van der Waals surface area contributed by atoms with Crippen LogP contribution in [-0.2, 0) is 0 Å². The summed E-state index contributed by atoms with van der Waals surface area (Å²) in [6.45, 7) is 3.77. The Morgan fingerprint density at radius 1 is 1.25 bits per heavy atom. The van der Waals surface area contributed by atoms with Gasteiger partial charge in [0.25, 0.3) is 0 Å². The summed E-state index contributed by atoms with van der Waals surface area (Å²) in [6.07, 6.45) is 0. The lowest BCUT2D eigenvalue weighted by atomic mass is 10.1. The van der Waals surface area contributed by atoms with E-state index in [0.29, 0.717) is 4.88 Å². The van der Waals surface area contributed by atoms with Gasteiger partial charge >= 0.3 is 5.97 Å². The van der Waals surface area contributed by atoms with Gasteiger partial charge < -0.3 is 5.11 Å². The third-order valence-electron chi connectivity index (χ3n) is 3.25. The molecule has 3 aromatic rings. The molecule has 4 nitrogen and oxygen atoms in total. The van der Waals surface area contributed by atoms with Crippen LogP contribution in [-0.4, -0.2) is 20.5 Å². The molecule has 2 heterocycles. The molecule has 0 bridgehead atoms. The molecule has 6 heteroatoms. The van der Waals surface area contributed by atoms with Gasteiger partial charge in [0.05, 0.1) is 5.69 Å². The van der Waals surface area contributed by atoms with Crippen LogP contribution in [0.4, 0.5) is 0 Å². The summed E-state index contributed by atoms with van der Waals surface area (Å²) in [5.74, 6) is -0.900. The summed E-state index contributed by atoms with van der Waals surface area (Å²) >= 11 is 4.62. The molecule has 2 aromatic heterocycles. The summed E-state index contributed by atoms with van der Waals surface area (Å²) in [5.41, 5.74) is 3.61. The second-order valence-corrected chi connectivity index (χ2v) is 6.39. The molecule has 0 amide bonds. The SMILES string of the molecule is Cc1c(-c2ccc(Br)cc2)nc2sc(C(=O)O)c(C)n12. The standard InChI is InChI=1S/C14H11BrN2O2S/c1-7-11(9-3-5-10(15)6-4-9)16-14-17(7)8(2)12(20-14)13(18)19/h3-6H,1-2H3,(H,18,19). The van der Waals surface area contributed by atoms with Crippen LogP contribution in [0.1, 0.15) is 21.1 Å². The predicted octanol–water partition coefficient (Wildman–Crippen LogP) is 4.14. The van der Waals surface area contributed by atoms with Gasteiger partial charge in [-0.3, -0.25) is 4.40 Å². The number of nitrogens with zero attached hydrogens (tertiary/aromatic N) is 2. The lowest BCUT2D eigenvalue weighted by Gasteiger charge is -2.01. The first kappa shape index (κ1) is 13.3. The molecule has 3 rings (SSSR count). The maximum atomic E-state index is 11.2. The number of imidazole rings is 1. The van der Waals surface area contributed by atoms with E-state index >= 15 is 0 Å². The maximum Gasteiger partial charge on any atom is 0.347 e. The van der Waals surface area contributed by atoms with E-state index in [9.17, 15) is 4.79 Å². The minimum atomic E-state index is -0.900. The number of benzene rings is 1. The van der Waals surface area contributed by atoms with E-state index in [1.54, 1.807) is 0 Å². The molecule has 0 fully saturated rings. The smallest absolute Gasteiger partial charge is 0.347 e. The molecule has 0 aliphatic carbocycles. The van der Waals surface area contributed by atoms with Gasteiger partial charge in [-0.1, -0.05) is 39.4 Å². The van der Waals surface area contributed by atoms with E-state index in [0.717, 1.165) is 32.1 Å². The van der Waals surface area contributed by atoms with Crippen LogP contribution in [0, 0.1) is 13.8 Å². The molecule has 0 radical (unpaired) electrons. The second-order valence-electron chi connectivity index (χ2n) is 4.49. The highest BCUT2D eigenvalue weighted by Gasteiger charge is 2.20. The molecule has 0 spiro atoms. The Morgan fingerprint density at radius 3 is 2.45 bits per heavy atom. The fourth-order valence-electron chi connectivity index (χ4n) is 2.29. The van der Waals surface area contributed by atoms with Gasteiger partial charge in [0.2, 0.25) is 0 Å². The Hall–Kier alpha value is -1.66. The monoisotopic (exact) mass is 350 g/mol. The van der Waals surface area contributed by atoms with Crippen molar-refractivity contribution in [3.05, 3.63) is 45.0 Å². The molecule has 0 aliphatic heterocycles. The van der Waals surface area contributed by atoms with Gasteiger partial charge in [0.15, 0.2) is 4.96 Å². The van der Waals surface area contributed by atoms with Crippen molar-refractivity contribution in [3.63, 3.8) is 0 Å². The van der Waals surface area contributed by atoms with Crippen molar-refractivity contribution in [3.8, 4) is 11.3 Å². The zero-order valence-corrected chi connectivity index (χ0v) is 13.2. The molecule has 1 N–H and O–H groups in total. The highest BCUT2D eigenvalue weighted by molar-refractivity contribution is 9.10. The topological polar surface area (TPSA) is 54.6 Å². The zero-order valence-electron chi connectivity index (χ0n) is 10.8. The van der Waals surface area contributed by atoms with Gasteiger partial charge in [0, 0.05) is 21.4 Å².